The van der Waals surface area contributed by atoms with Gasteiger partial charge in [0.2, 0.25) is 0 Å². The van der Waals surface area contributed by atoms with Gasteiger partial charge >= 0.3 is 5.97 Å². The van der Waals surface area contributed by atoms with Gasteiger partial charge < -0.3 is 14.6 Å². The number of hydrogen-bond donors (Lipinski definition) is 1. The predicted octanol–water partition coefficient (Wildman–Crippen LogP) is 3.60. The fraction of sp³-hybridized carbons (Fsp3) is 0.176. The molecule has 0 radical (unpaired) electrons. The van der Waals surface area contributed by atoms with Crippen LogP contribution >= 0.6 is 11.6 Å². The maximum Gasteiger partial charge on any atom is 0.338 e. The van der Waals surface area contributed by atoms with E-state index in [-0.39, 0.29) is 34.1 Å². The van der Waals surface area contributed by atoms with Crippen molar-refractivity contribution < 1.29 is 28.6 Å². The number of ether oxygens (including phenoxy) is 2. The van der Waals surface area contributed by atoms with Crippen molar-refractivity contribution >= 4 is 23.4 Å². The van der Waals surface area contributed by atoms with E-state index >= 15 is 0 Å². The molecule has 0 fully saturated rings. The molecule has 0 saturated carbocycles. The summed E-state index contributed by atoms with van der Waals surface area (Å²) in [6, 6.07) is 5.92. The molecule has 0 saturated heterocycles. The molecular weight excluding hydrogens is 339 g/mol. The van der Waals surface area contributed by atoms with Gasteiger partial charge in [-0.1, -0.05) is 11.6 Å². The molecule has 0 atom stereocenters. The molecule has 0 aliphatic rings. The molecule has 24 heavy (non-hydrogen) atoms. The third kappa shape index (κ3) is 3.49. The largest absolute Gasteiger partial charge is 0.507 e. The number of aromatic hydroxyl groups is 1. The van der Waals surface area contributed by atoms with Gasteiger partial charge in [0.15, 0.2) is 17.3 Å². The van der Waals surface area contributed by atoms with Crippen LogP contribution in [0.5, 0.6) is 11.5 Å². The molecule has 1 N–H and O–H groups in total. The first-order valence-corrected chi connectivity index (χ1v) is 7.34. The van der Waals surface area contributed by atoms with Gasteiger partial charge in [-0.3, -0.25) is 4.79 Å². The summed E-state index contributed by atoms with van der Waals surface area (Å²) in [5, 5.41) is 9.92. The molecule has 2 aromatic rings. The zero-order valence-corrected chi connectivity index (χ0v) is 13.7. The Hall–Kier alpha value is -2.60. The summed E-state index contributed by atoms with van der Waals surface area (Å²) in [6.45, 7) is 1.79. The van der Waals surface area contributed by atoms with Crippen LogP contribution in [0.2, 0.25) is 5.02 Å². The normalized spacial score (nSPS) is 10.3. The average molecular weight is 353 g/mol. The lowest BCUT2D eigenvalue weighted by Crippen LogP contribution is -2.08. The van der Waals surface area contributed by atoms with Gasteiger partial charge in [0, 0.05) is 5.56 Å². The highest BCUT2D eigenvalue weighted by atomic mass is 35.5. The van der Waals surface area contributed by atoms with Crippen LogP contribution in [0.25, 0.3) is 0 Å². The summed E-state index contributed by atoms with van der Waals surface area (Å²) < 4.78 is 23.3. The number of methoxy groups -OCH3 is 1. The van der Waals surface area contributed by atoms with Crippen molar-refractivity contribution in [1.82, 2.24) is 0 Å². The van der Waals surface area contributed by atoms with E-state index in [9.17, 15) is 19.1 Å². The standard InChI is InChI=1S/C17H14ClFO5/c1-3-24-17(22)10-6-11(18)15(13(20)8-10)16(21)9-4-5-14(23-2)12(19)7-9/h4-8,20H,3H2,1-2H3. The number of phenolic OH excluding ortho intramolecular Hbond substituents is 1. The molecule has 126 valence electrons. The summed E-state index contributed by atoms with van der Waals surface area (Å²) in [7, 11) is 1.30. The van der Waals surface area contributed by atoms with Gasteiger partial charge in [0.25, 0.3) is 0 Å². The molecule has 0 aliphatic carbocycles. The van der Waals surface area contributed by atoms with Crippen molar-refractivity contribution in [1.29, 1.82) is 0 Å². The molecule has 0 aromatic heterocycles. The van der Waals surface area contributed by atoms with Crippen LogP contribution in [0.4, 0.5) is 4.39 Å². The van der Waals surface area contributed by atoms with E-state index in [4.69, 9.17) is 21.1 Å². The topological polar surface area (TPSA) is 72.8 Å². The van der Waals surface area contributed by atoms with Crippen molar-refractivity contribution in [2.24, 2.45) is 0 Å². The molecule has 0 heterocycles. The molecule has 0 spiro atoms. The van der Waals surface area contributed by atoms with E-state index in [0.29, 0.717) is 0 Å². The van der Waals surface area contributed by atoms with Crippen LogP contribution in [0.1, 0.15) is 33.2 Å². The third-order valence-electron chi connectivity index (χ3n) is 3.22. The summed E-state index contributed by atoms with van der Waals surface area (Å²) in [6.07, 6.45) is 0. The monoisotopic (exact) mass is 352 g/mol. The summed E-state index contributed by atoms with van der Waals surface area (Å²) in [5.41, 5.74) is -0.236. The van der Waals surface area contributed by atoms with Gasteiger partial charge in [-0.05, 0) is 37.3 Å². The van der Waals surface area contributed by atoms with Crippen LogP contribution in [0.15, 0.2) is 30.3 Å². The average Bonchev–Trinajstić information content (AvgIpc) is 2.54. The minimum Gasteiger partial charge on any atom is -0.507 e. The van der Waals surface area contributed by atoms with Crippen molar-refractivity contribution in [3.63, 3.8) is 0 Å². The first kappa shape index (κ1) is 17.7. The van der Waals surface area contributed by atoms with E-state index in [1.807, 2.05) is 0 Å². The van der Waals surface area contributed by atoms with Gasteiger partial charge in [0.1, 0.15) is 5.75 Å². The van der Waals surface area contributed by atoms with Crippen LogP contribution in [-0.2, 0) is 4.74 Å². The molecule has 2 rings (SSSR count). The summed E-state index contributed by atoms with van der Waals surface area (Å²) in [4.78, 5) is 24.2. The van der Waals surface area contributed by atoms with E-state index in [0.717, 1.165) is 12.1 Å². The van der Waals surface area contributed by atoms with E-state index in [1.165, 1.54) is 25.3 Å². The van der Waals surface area contributed by atoms with Crippen molar-refractivity contribution in [2.45, 2.75) is 6.92 Å². The Labute approximate surface area is 142 Å². The van der Waals surface area contributed by atoms with Gasteiger partial charge in [-0.15, -0.1) is 0 Å². The zero-order valence-electron chi connectivity index (χ0n) is 12.9. The van der Waals surface area contributed by atoms with E-state index in [2.05, 4.69) is 0 Å². The highest BCUT2D eigenvalue weighted by Crippen LogP contribution is 2.31. The van der Waals surface area contributed by atoms with E-state index in [1.54, 1.807) is 6.92 Å². The van der Waals surface area contributed by atoms with Crippen LogP contribution in [0, 0.1) is 5.82 Å². The molecule has 0 bridgehead atoms. The molecule has 0 unspecified atom stereocenters. The van der Waals surface area contributed by atoms with Crippen molar-refractivity contribution in [3.8, 4) is 11.5 Å². The van der Waals surface area contributed by atoms with Crippen molar-refractivity contribution in [2.75, 3.05) is 13.7 Å². The first-order chi connectivity index (χ1) is 11.4. The number of carbonyl (C=O) groups excluding carboxylic acids is 2. The lowest BCUT2D eigenvalue weighted by atomic mass is 10.0. The highest BCUT2D eigenvalue weighted by molar-refractivity contribution is 6.35. The minimum absolute atomic E-state index is 0.0109. The first-order valence-electron chi connectivity index (χ1n) is 6.96. The van der Waals surface area contributed by atoms with Crippen LogP contribution in [-0.4, -0.2) is 30.6 Å². The Kier molecular flexibility index (Phi) is 5.41. The quantitative estimate of drug-likeness (QED) is 0.657. The second-order valence-electron chi connectivity index (χ2n) is 4.75. The highest BCUT2D eigenvalue weighted by Gasteiger charge is 2.22. The Balaban J connectivity index is 2.43. The second kappa shape index (κ2) is 7.31. The van der Waals surface area contributed by atoms with Gasteiger partial charge in [-0.25, -0.2) is 9.18 Å². The molecular formula is C17H14ClFO5. The Morgan fingerprint density at radius 2 is 1.92 bits per heavy atom. The maximum atomic E-state index is 13.7. The second-order valence-corrected chi connectivity index (χ2v) is 5.16. The lowest BCUT2D eigenvalue weighted by molar-refractivity contribution is 0.0525. The molecule has 2 aromatic carbocycles. The SMILES string of the molecule is CCOC(=O)c1cc(O)c(C(=O)c2ccc(OC)c(F)c2)c(Cl)c1. The Morgan fingerprint density at radius 1 is 1.21 bits per heavy atom. The smallest absolute Gasteiger partial charge is 0.338 e. The summed E-state index contributed by atoms with van der Waals surface area (Å²) in [5.74, 6) is -2.59. The Bertz CT molecular complexity index is 781. The minimum atomic E-state index is -0.720. The molecule has 0 amide bonds. The zero-order chi connectivity index (χ0) is 17.9. The lowest BCUT2D eigenvalue weighted by Gasteiger charge is -2.10. The van der Waals surface area contributed by atoms with Crippen LogP contribution < -0.4 is 4.74 Å². The fourth-order valence-corrected chi connectivity index (χ4v) is 2.40. The fourth-order valence-electron chi connectivity index (χ4n) is 2.10. The number of halogens is 2. The number of rotatable bonds is 5. The van der Waals surface area contributed by atoms with E-state index < -0.39 is 23.3 Å². The Morgan fingerprint density at radius 3 is 2.46 bits per heavy atom. The number of hydrogen-bond acceptors (Lipinski definition) is 5. The molecule has 5 nitrogen and oxygen atoms in total. The van der Waals surface area contributed by atoms with Gasteiger partial charge in [-0.2, -0.15) is 0 Å². The predicted molar refractivity (Wildman–Crippen MR) is 85.5 cm³/mol. The molecule has 0 aliphatic heterocycles. The number of esters is 1. The number of benzene rings is 2. The van der Waals surface area contributed by atoms with Gasteiger partial charge in [0.05, 0.1) is 29.9 Å². The van der Waals surface area contributed by atoms with Crippen molar-refractivity contribution in [3.05, 3.63) is 57.9 Å². The summed E-state index contributed by atoms with van der Waals surface area (Å²) >= 11 is 6.01. The number of ketones is 1. The third-order valence-corrected chi connectivity index (χ3v) is 3.52. The number of phenols is 1. The number of carbonyl (C=O) groups is 2. The maximum absolute atomic E-state index is 13.7. The molecule has 7 heteroatoms. The van der Waals surface area contributed by atoms with Crippen LogP contribution in [0.3, 0.4) is 0 Å².